The van der Waals surface area contributed by atoms with Crippen molar-refractivity contribution >= 4 is 5.95 Å². The third kappa shape index (κ3) is 3.54. The molecular weight excluding hydrogens is 286 g/mol. The Balaban J connectivity index is 1.55. The van der Waals surface area contributed by atoms with E-state index in [1.54, 1.807) is 0 Å². The largest absolute Gasteiger partial charge is 0.340 e. The molecule has 0 N–H and O–H groups in total. The van der Waals surface area contributed by atoms with Crippen LogP contribution in [0.3, 0.4) is 0 Å². The minimum atomic E-state index is -2.41. The zero-order valence-corrected chi connectivity index (χ0v) is 13.3. The molecule has 1 saturated heterocycles. The first-order chi connectivity index (χ1) is 10.4. The molecule has 0 amide bonds. The number of alkyl halides is 2. The van der Waals surface area contributed by atoms with Crippen LogP contribution in [0.5, 0.6) is 0 Å². The molecule has 0 radical (unpaired) electrons. The van der Waals surface area contributed by atoms with Crippen LogP contribution in [0.15, 0.2) is 12.4 Å². The zero-order chi connectivity index (χ0) is 15.7. The molecule has 1 aromatic heterocycles. The Morgan fingerprint density at radius 2 is 2.00 bits per heavy atom. The fraction of sp³-hybridized carbons (Fsp3) is 0.750. The van der Waals surface area contributed by atoms with Crippen LogP contribution < -0.4 is 4.90 Å². The standard InChI is InChI=1S/C16H24F2N4/c1-12-8-19-15(20-9-12)21(2)14-4-3-5-22(11-14)10-13-6-16(17,18)7-13/h8-9,13-14H,3-7,10-11H2,1-2H3. The number of rotatable bonds is 4. The molecule has 1 aliphatic heterocycles. The maximum absolute atomic E-state index is 13.0. The number of halogens is 2. The molecule has 2 heterocycles. The van der Waals surface area contributed by atoms with Gasteiger partial charge in [0.05, 0.1) is 0 Å². The van der Waals surface area contributed by atoms with Gasteiger partial charge in [0.2, 0.25) is 11.9 Å². The lowest BCUT2D eigenvalue weighted by molar-refractivity contribution is -0.117. The molecule has 2 fully saturated rings. The van der Waals surface area contributed by atoms with Crippen molar-refractivity contribution in [2.24, 2.45) is 5.92 Å². The van der Waals surface area contributed by atoms with Crippen LogP contribution in [0.1, 0.15) is 31.2 Å². The van der Waals surface area contributed by atoms with Gasteiger partial charge in [-0.15, -0.1) is 0 Å². The van der Waals surface area contributed by atoms with E-state index in [1.165, 1.54) is 0 Å². The Kier molecular flexibility index (Phi) is 4.30. The van der Waals surface area contributed by atoms with Crippen LogP contribution in [0, 0.1) is 12.8 Å². The molecule has 1 aromatic rings. The number of likely N-dealkylation sites (tertiary alicyclic amines) is 1. The Morgan fingerprint density at radius 3 is 2.64 bits per heavy atom. The molecule has 1 saturated carbocycles. The van der Waals surface area contributed by atoms with Gasteiger partial charge in [-0.05, 0) is 37.8 Å². The van der Waals surface area contributed by atoms with Crippen molar-refractivity contribution < 1.29 is 8.78 Å². The van der Waals surface area contributed by atoms with Gasteiger partial charge in [-0.25, -0.2) is 18.7 Å². The van der Waals surface area contributed by atoms with Crippen molar-refractivity contribution in [2.45, 2.75) is 44.6 Å². The van der Waals surface area contributed by atoms with E-state index in [-0.39, 0.29) is 18.8 Å². The zero-order valence-electron chi connectivity index (χ0n) is 13.3. The van der Waals surface area contributed by atoms with Crippen LogP contribution in [-0.2, 0) is 0 Å². The molecule has 2 aliphatic rings. The highest BCUT2D eigenvalue weighted by Crippen LogP contribution is 2.42. The van der Waals surface area contributed by atoms with Crippen molar-refractivity contribution in [3.8, 4) is 0 Å². The summed E-state index contributed by atoms with van der Waals surface area (Å²) in [5, 5.41) is 0. The molecule has 3 rings (SSSR count). The molecule has 1 aliphatic carbocycles. The van der Waals surface area contributed by atoms with Crippen LogP contribution >= 0.6 is 0 Å². The fourth-order valence-corrected chi connectivity index (χ4v) is 3.52. The van der Waals surface area contributed by atoms with Gasteiger partial charge in [0.25, 0.3) is 0 Å². The number of hydrogen-bond acceptors (Lipinski definition) is 4. The quantitative estimate of drug-likeness (QED) is 0.856. The summed E-state index contributed by atoms with van der Waals surface area (Å²) in [7, 11) is 2.02. The van der Waals surface area contributed by atoms with E-state index in [1.807, 2.05) is 26.4 Å². The molecule has 0 aromatic carbocycles. The highest BCUT2D eigenvalue weighted by atomic mass is 19.3. The number of anilines is 1. The minimum Gasteiger partial charge on any atom is -0.340 e. The van der Waals surface area contributed by atoms with Crippen LogP contribution in [0.4, 0.5) is 14.7 Å². The molecule has 1 unspecified atom stereocenters. The SMILES string of the molecule is Cc1cnc(N(C)C2CCCN(CC3CC(F)(F)C3)C2)nc1. The minimum absolute atomic E-state index is 0.0606. The molecule has 4 nitrogen and oxygen atoms in total. The first-order valence-corrected chi connectivity index (χ1v) is 8.04. The highest BCUT2D eigenvalue weighted by molar-refractivity contribution is 5.30. The van der Waals surface area contributed by atoms with Crippen molar-refractivity contribution in [1.82, 2.24) is 14.9 Å². The second kappa shape index (κ2) is 6.07. The van der Waals surface area contributed by atoms with Gasteiger partial charge >= 0.3 is 0 Å². The summed E-state index contributed by atoms with van der Waals surface area (Å²) in [4.78, 5) is 13.2. The number of hydrogen-bond donors (Lipinski definition) is 0. The molecular formula is C16H24F2N4. The van der Waals surface area contributed by atoms with Crippen LogP contribution in [0.2, 0.25) is 0 Å². The monoisotopic (exact) mass is 310 g/mol. The third-order valence-electron chi connectivity index (χ3n) is 4.80. The maximum Gasteiger partial charge on any atom is 0.248 e. The van der Waals surface area contributed by atoms with Crippen molar-refractivity contribution in [3.05, 3.63) is 18.0 Å². The van der Waals surface area contributed by atoms with Crippen molar-refractivity contribution in [3.63, 3.8) is 0 Å². The summed E-state index contributed by atoms with van der Waals surface area (Å²) in [5.41, 5.74) is 1.05. The van der Waals surface area contributed by atoms with Gasteiger partial charge in [-0.3, -0.25) is 0 Å². The van der Waals surface area contributed by atoms with E-state index < -0.39 is 5.92 Å². The average Bonchev–Trinajstić information content (AvgIpc) is 2.46. The summed E-state index contributed by atoms with van der Waals surface area (Å²) in [6.07, 6.45) is 5.98. The van der Waals surface area contributed by atoms with Gasteiger partial charge in [0.1, 0.15) is 0 Å². The first kappa shape index (κ1) is 15.6. The molecule has 0 spiro atoms. The topological polar surface area (TPSA) is 32.3 Å². The smallest absolute Gasteiger partial charge is 0.248 e. The Hall–Kier alpha value is -1.30. The second-order valence-electron chi connectivity index (χ2n) is 6.86. The van der Waals surface area contributed by atoms with Crippen LogP contribution in [-0.4, -0.2) is 53.5 Å². The lowest BCUT2D eigenvalue weighted by atomic mass is 9.80. The second-order valence-corrected chi connectivity index (χ2v) is 6.86. The van der Waals surface area contributed by atoms with E-state index in [0.29, 0.717) is 6.04 Å². The number of nitrogens with zero attached hydrogens (tertiary/aromatic N) is 4. The van der Waals surface area contributed by atoms with E-state index >= 15 is 0 Å². The summed E-state index contributed by atoms with van der Waals surface area (Å²) in [6, 6.07) is 0.358. The fourth-order valence-electron chi connectivity index (χ4n) is 3.52. The Morgan fingerprint density at radius 1 is 1.32 bits per heavy atom. The molecule has 22 heavy (non-hydrogen) atoms. The first-order valence-electron chi connectivity index (χ1n) is 8.04. The van der Waals surface area contributed by atoms with Crippen molar-refractivity contribution in [1.29, 1.82) is 0 Å². The van der Waals surface area contributed by atoms with Gasteiger partial charge < -0.3 is 9.80 Å². The van der Waals surface area contributed by atoms with Gasteiger partial charge in [0.15, 0.2) is 0 Å². The van der Waals surface area contributed by atoms with Crippen molar-refractivity contribution in [2.75, 3.05) is 31.6 Å². The number of aromatic nitrogens is 2. The van der Waals surface area contributed by atoms with Gasteiger partial charge in [-0.2, -0.15) is 0 Å². The van der Waals surface area contributed by atoms with E-state index in [4.69, 9.17) is 0 Å². The van der Waals surface area contributed by atoms with E-state index in [9.17, 15) is 8.78 Å². The lowest BCUT2D eigenvalue weighted by Gasteiger charge is -2.42. The summed E-state index contributed by atoms with van der Waals surface area (Å²) in [5.74, 6) is -1.51. The summed E-state index contributed by atoms with van der Waals surface area (Å²) >= 11 is 0. The normalized spacial score (nSPS) is 25.7. The van der Waals surface area contributed by atoms with E-state index in [2.05, 4.69) is 19.8 Å². The maximum atomic E-state index is 13.0. The Labute approximate surface area is 130 Å². The molecule has 122 valence electrons. The number of aryl methyl sites for hydroxylation is 1. The molecule has 1 atom stereocenters. The summed E-state index contributed by atoms with van der Waals surface area (Å²) < 4.78 is 25.9. The molecule has 6 heteroatoms. The van der Waals surface area contributed by atoms with Gasteiger partial charge in [-0.1, -0.05) is 0 Å². The number of piperidine rings is 1. The summed E-state index contributed by atoms with van der Waals surface area (Å²) in [6.45, 7) is 4.70. The number of likely N-dealkylation sites (N-methyl/N-ethyl adjacent to an activating group) is 1. The predicted molar refractivity (Wildman–Crippen MR) is 82.3 cm³/mol. The lowest BCUT2D eigenvalue weighted by Crippen LogP contribution is -2.50. The Bertz CT molecular complexity index is 497. The van der Waals surface area contributed by atoms with Crippen LogP contribution in [0.25, 0.3) is 0 Å². The highest BCUT2D eigenvalue weighted by Gasteiger charge is 2.45. The predicted octanol–water partition coefficient (Wildman–Crippen LogP) is 2.73. The third-order valence-corrected chi connectivity index (χ3v) is 4.80. The molecule has 0 bridgehead atoms. The average molecular weight is 310 g/mol. The van der Waals surface area contributed by atoms with E-state index in [0.717, 1.165) is 44.0 Å². The van der Waals surface area contributed by atoms with Gasteiger partial charge in [0, 0.05) is 51.4 Å².